The predicted molar refractivity (Wildman–Crippen MR) is 103 cm³/mol. The number of nitrogens with zero attached hydrogens (tertiary/aromatic N) is 2. The predicted octanol–water partition coefficient (Wildman–Crippen LogP) is 3.45. The first-order valence-corrected chi connectivity index (χ1v) is 8.88. The van der Waals surface area contributed by atoms with Crippen LogP contribution >= 0.6 is 0 Å². The number of methoxy groups -OCH3 is 1. The Morgan fingerprint density at radius 2 is 1.85 bits per heavy atom. The Labute approximate surface area is 154 Å². The fourth-order valence-corrected chi connectivity index (χ4v) is 3.07. The number of hydrogen-bond acceptors (Lipinski definition) is 4. The van der Waals surface area contributed by atoms with Crippen molar-refractivity contribution in [2.75, 3.05) is 50.1 Å². The molecule has 6 nitrogen and oxygen atoms in total. The summed E-state index contributed by atoms with van der Waals surface area (Å²) in [5, 5.41) is 2.95. The largest absolute Gasteiger partial charge is 0.495 e. The van der Waals surface area contributed by atoms with Crippen molar-refractivity contribution in [3.05, 3.63) is 48.5 Å². The van der Waals surface area contributed by atoms with Crippen LogP contribution in [0.15, 0.2) is 48.5 Å². The second-order valence-electron chi connectivity index (χ2n) is 6.04. The van der Waals surface area contributed by atoms with Crippen LogP contribution in [0, 0.1) is 0 Å². The number of benzene rings is 2. The normalized spacial score (nSPS) is 14.1. The molecule has 1 aliphatic rings. The summed E-state index contributed by atoms with van der Waals surface area (Å²) >= 11 is 0. The lowest BCUT2D eigenvalue weighted by atomic mass is 10.2. The summed E-state index contributed by atoms with van der Waals surface area (Å²) in [5.74, 6) is 1.62. The maximum Gasteiger partial charge on any atom is 0.321 e. The third-order valence-corrected chi connectivity index (χ3v) is 4.39. The van der Waals surface area contributed by atoms with Crippen molar-refractivity contribution < 1.29 is 14.3 Å². The van der Waals surface area contributed by atoms with Gasteiger partial charge in [0.15, 0.2) is 0 Å². The maximum absolute atomic E-state index is 12.5. The summed E-state index contributed by atoms with van der Waals surface area (Å²) in [6, 6.07) is 15.3. The summed E-state index contributed by atoms with van der Waals surface area (Å²) in [6.45, 7) is 5.40. The van der Waals surface area contributed by atoms with E-state index >= 15 is 0 Å². The Morgan fingerprint density at radius 3 is 2.58 bits per heavy atom. The smallest absolute Gasteiger partial charge is 0.321 e. The molecule has 1 saturated heterocycles. The van der Waals surface area contributed by atoms with Crippen LogP contribution in [0.4, 0.5) is 16.2 Å². The van der Waals surface area contributed by atoms with Gasteiger partial charge in [0, 0.05) is 37.9 Å². The van der Waals surface area contributed by atoms with Gasteiger partial charge in [-0.05, 0) is 31.2 Å². The van der Waals surface area contributed by atoms with E-state index in [0.29, 0.717) is 19.7 Å². The Morgan fingerprint density at radius 1 is 1.08 bits per heavy atom. The Balaban J connectivity index is 1.57. The summed E-state index contributed by atoms with van der Waals surface area (Å²) in [7, 11) is 1.68. The van der Waals surface area contributed by atoms with Gasteiger partial charge in [0.2, 0.25) is 0 Å². The molecule has 6 heteroatoms. The molecule has 0 aromatic heterocycles. The maximum atomic E-state index is 12.5. The first-order valence-electron chi connectivity index (χ1n) is 8.88. The zero-order valence-electron chi connectivity index (χ0n) is 15.3. The number of para-hydroxylation sites is 2. The lowest BCUT2D eigenvalue weighted by Crippen LogP contribution is -2.50. The molecular formula is C20H25N3O3. The molecule has 0 radical (unpaired) electrons. The Bertz CT molecular complexity index is 743. The van der Waals surface area contributed by atoms with E-state index in [9.17, 15) is 4.79 Å². The molecule has 2 aromatic carbocycles. The fraction of sp³-hybridized carbons (Fsp3) is 0.350. The van der Waals surface area contributed by atoms with Gasteiger partial charge in [0.05, 0.1) is 19.4 Å². The van der Waals surface area contributed by atoms with E-state index in [4.69, 9.17) is 9.47 Å². The highest BCUT2D eigenvalue weighted by molar-refractivity contribution is 5.89. The number of amides is 2. The van der Waals surface area contributed by atoms with Crippen LogP contribution in [0.25, 0.3) is 0 Å². The third-order valence-electron chi connectivity index (χ3n) is 4.39. The number of hydrogen-bond donors (Lipinski definition) is 1. The number of anilines is 2. The molecule has 1 heterocycles. The molecule has 0 spiro atoms. The van der Waals surface area contributed by atoms with Crippen LogP contribution in [0.3, 0.4) is 0 Å². The monoisotopic (exact) mass is 355 g/mol. The van der Waals surface area contributed by atoms with Gasteiger partial charge < -0.3 is 24.6 Å². The van der Waals surface area contributed by atoms with Crippen LogP contribution in [-0.2, 0) is 0 Å². The summed E-state index contributed by atoms with van der Waals surface area (Å²) < 4.78 is 10.9. The minimum atomic E-state index is -0.0849. The second kappa shape index (κ2) is 8.47. The zero-order chi connectivity index (χ0) is 18.4. The lowest BCUT2D eigenvalue weighted by Gasteiger charge is -2.36. The molecule has 0 atom stereocenters. The number of rotatable bonds is 5. The number of urea groups is 1. The molecule has 0 bridgehead atoms. The standard InChI is InChI=1S/C20H25N3O3/c1-3-26-17-8-6-7-16(15-17)21-20(24)23-13-11-22(12-14-23)18-9-4-5-10-19(18)25-2/h4-10,15H,3,11-14H2,1-2H3,(H,21,24). The van der Waals surface area contributed by atoms with Gasteiger partial charge in [-0.1, -0.05) is 18.2 Å². The Hall–Kier alpha value is -2.89. The molecule has 0 aliphatic carbocycles. The molecule has 2 amide bonds. The van der Waals surface area contributed by atoms with Gasteiger partial charge in [0.25, 0.3) is 0 Å². The van der Waals surface area contributed by atoms with E-state index in [-0.39, 0.29) is 6.03 Å². The van der Waals surface area contributed by atoms with Gasteiger partial charge in [-0.2, -0.15) is 0 Å². The number of carbonyl (C=O) groups excluding carboxylic acids is 1. The van der Waals surface area contributed by atoms with Crippen molar-refractivity contribution in [3.63, 3.8) is 0 Å². The van der Waals surface area contributed by atoms with E-state index < -0.39 is 0 Å². The first-order chi connectivity index (χ1) is 12.7. The van der Waals surface area contributed by atoms with Crippen LogP contribution in [0.1, 0.15) is 6.92 Å². The first kappa shape index (κ1) is 17.9. The SMILES string of the molecule is CCOc1cccc(NC(=O)N2CCN(c3ccccc3OC)CC2)c1. The van der Waals surface area contributed by atoms with E-state index in [1.165, 1.54) is 0 Å². The van der Waals surface area contributed by atoms with Gasteiger partial charge in [0.1, 0.15) is 11.5 Å². The minimum absolute atomic E-state index is 0.0849. The number of piperazine rings is 1. The van der Waals surface area contributed by atoms with Crippen molar-refractivity contribution in [2.45, 2.75) is 6.92 Å². The number of ether oxygens (including phenoxy) is 2. The van der Waals surface area contributed by atoms with Crippen molar-refractivity contribution >= 4 is 17.4 Å². The van der Waals surface area contributed by atoms with Crippen LogP contribution in [-0.4, -0.2) is 50.8 Å². The Kier molecular flexibility index (Phi) is 5.84. The molecule has 26 heavy (non-hydrogen) atoms. The number of nitrogens with one attached hydrogen (secondary N) is 1. The van der Waals surface area contributed by atoms with E-state index in [1.807, 2.05) is 60.4 Å². The molecule has 1 N–H and O–H groups in total. The zero-order valence-corrected chi connectivity index (χ0v) is 15.3. The van der Waals surface area contributed by atoms with Crippen LogP contribution in [0.2, 0.25) is 0 Å². The molecule has 138 valence electrons. The van der Waals surface area contributed by atoms with Gasteiger partial charge in [-0.3, -0.25) is 0 Å². The quantitative estimate of drug-likeness (QED) is 0.893. The van der Waals surface area contributed by atoms with Crippen molar-refractivity contribution in [3.8, 4) is 11.5 Å². The number of carbonyl (C=O) groups is 1. The second-order valence-corrected chi connectivity index (χ2v) is 6.04. The molecule has 1 fully saturated rings. The lowest BCUT2D eigenvalue weighted by molar-refractivity contribution is 0.208. The summed E-state index contributed by atoms with van der Waals surface area (Å²) in [6.07, 6.45) is 0. The van der Waals surface area contributed by atoms with Gasteiger partial charge >= 0.3 is 6.03 Å². The molecule has 0 saturated carbocycles. The molecule has 3 rings (SSSR count). The van der Waals surface area contributed by atoms with Crippen molar-refractivity contribution in [1.29, 1.82) is 0 Å². The molecule has 0 unspecified atom stereocenters. The van der Waals surface area contributed by atoms with E-state index in [0.717, 1.165) is 36.0 Å². The van der Waals surface area contributed by atoms with Crippen molar-refractivity contribution in [2.24, 2.45) is 0 Å². The van der Waals surface area contributed by atoms with Crippen LogP contribution < -0.4 is 19.7 Å². The topological polar surface area (TPSA) is 54.0 Å². The van der Waals surface area contributed by atoms with Gasteiger partial charge in [-0.25, -0.2) is 4.79 Å². The van der Waals surface area contributed by atoms with Crippen LogP contribution in [0.5, 0.6) is 11.5 Å². The molecule has 2 aromatic rings. The van der Waals surface area contributed by atoms with Gasteiger partial charge in [-0.15, -0.1) is 0 Å². The van der Waals surface area contributed by atoms with Crippen molar-refractivity contribution in [1.82, 2.24) is 4.90 Å². The average molecular weight is 355 g/mol. The minimum Gasteiger partial charge on any atom is -0.495 e. The van der Waals surface area contributed by atoms with E-state index in [2.05, 4.69) is 10.2 Å². The fourth-order valence-electron chi connectivity index (χ4n) is 3.07. The highest BCUT2D eigenvalue weighted by atomic mass is 16.5. The average Bonchev–Trinajstić information content (AvgIpc) is 2.68. The highest BCUT2D eigenvalue weighted by Gasteiger charge is 2.22. The highest BCUT2D eigenvalue weighted by Crippen LogP contribution is 2.28. The molecular weight excluding hydrogens is 330 g/mol. The third kappa shape index (κ3) is 4.20. The van der Waals surface area contributed by atoms with E-state index in [1.54, 1.807) is 7.11 Å². The summed E-state index contributed by atoms with van der Waals surface area (Å²) in [4.78, 5) is 16.6. The molecule has 1 aliphatic heterocycles. The summed E-state index contributed by atoms with van der Waals surface area (Å²) in [5.41, 5.74) is 1.81.